The third-order valence-corrected chi connectivity index (χ3v) is 7.38. The van der Waals surface area contributed by atoms with Crippen LogP contribution >= 0.6 is 0 Å². The van der Waals surface area contributed by atoms with Gasteiger partial charge in [0.15, 0.2) is 0 Å². The predicted molar refractivity (Wildman–Crippen MR) is 147 cm³/mol. The van der Waals surface area contributed by atoms with Gasteiger partial charge in [0.2, 0.25) is 11.8 Å². The standard InChI is InChI=1S/C30H26F6N4O5/c31-29(32,33)19-11-18(12-20(13-19)30(34,35)36)15-37-25(41)16-38(17-26(42)39-10-9-24-27(39)40(24)28(43)44)21-5-4-8-23(14-21)45-22-6-2-1-3-7-22/h1-8,11-14,24,27H,9-10,15-17H2,(H,37,41)(H,43,44)/t24?,27-,40?/m0/s1. The lowest BCUT2D eigenvalue weighted by Gasteiger charge is -2.28. The minimum Gasteiger partial charge on any atom is -0.465 e. The SMILES string of the molecule is O=C(CN(CC(=O)N1CCC2[C@@H]1N2C(=O)O)c1cccc(Oc2ccccc2)c1)NCc1cc(C(F)(F)F)cc(C(F)(F)F)c1. The monoisotopic (exact) mass is 636 g/mol. The first-order chi connectivity index (χ1) is 21.2. The largest absolute Gasteiger partial charge is 0.465 e. The van der Waals surface area contributed by atoms with Crippen LogP contribution in [-0.4, -0.2) is 64.7 Å². The summed E-state index contributed by atoms with van der Waals surface area (Å²) in [6.07, 6.45) is -11.4. The lowest BCUT2D eigenvalue weighted by atomic mass is 10.0. The number of rotatable bonds is 9. The zero-order chi connectivity index (χ0) is 32.5. The van der Waals surface area contributed by atoms with Crippen LogP contribution < -0.4 is 15.0 Å². The van der Waals surface area contributed by atoms with Crippen LogP contribution in [0.2, 0.25) is 0 Å². The van der Waals surface area contributed by atoms with Gasteiger partial charge in [-0.3, -0.25) is 14.5 Å². The fourth-order valence-corrected chi connectivity index (χ4v) is 5.25. The Labute approximate surface area is 252 Å². The zero-order valence-electron chi connectivity index (χ0n) is 23.3. The molecule has 0 aliphatic carbocycles. The maximum atomic E-state index is 13.3. The summed E-state index contributed by atoms with van der Waals surface area (Å²) in [6, 6.07) is 15.9. The first-order valence-electron chi connectivity index (χ1n) is 13.6. The molecule has 2 aliphatic rings. The molecule has 0 aromatic heterocycles. The lowest BCUT2D eigenvalue weighted by Crippen LogP contribution is -2.45. The number of nitrogens with one attached hydrogen (secondary N) is 1. The average Bonchev–Trinajstić information content (AvgIpc) is 3.54. The van der Waals surface area contributed by atoms with Crippen LogP contribution in [0, 0.1) is 0 Å². The van der Waals surface area contributed by atoms with E-state index in [2.05, 4.69) is 5.32 Å². The van der Waals surface area contributed by atoms with Crippen molar-refractivity contribution >= 4 is 23.6 Å². The highest BCUT2D eigenvalue weighted by atomic mass is 19.4. The third kappa shape index (κ3) is 7.41. The molecule has 2 atom stereocenters. The van der Waals surface area contributed by atoms with Crippen LogP contribution in [0.1, 0.15) is 23.1 Å². The summed E-state index contributed by atoms with van der Waals surface area (Å²) < 4.78 is 85.5. The Hall–Kier alpha value is -4.95. The van der Waals surface area contributed by atoms with Gasteiger partial charge < -0.3 is 25.0 Å². The van der Waals surface area contributed by atoms with Crippen molar-refractivity contribution in [2.75, 3.05) is 24.5 Å². The molecule has 3 aromatic carbocycles. The predicted octanol–water partition coefficient (Wildman–Crippen LogP) is 5.56. The molecule has 238 valence electrons. The second kappa shape index (κ2) is 12.2. The smallest absolute Gasteiger partial charge is 0.416 e. The summed E-state index contributed by atoms with van der Waals surface area (Å²) in [5, 5.41) is 11.7. The van der Waals surface area contributed by atoms with E-state index >= 15 is 0 Å². The molecule has 0 saturated carbocycles. The molecule has 0 radical (unpaired) electrons. The van der Waals surface area contributed by atoms with E-state index in [1.807, 2.05) is 0 Å². The first-order valence-corrected chi connectivity index (χ1v) is 13.6. The number of halogens is 6. The minimum absolute atomic E-state index is 0.00255. The number of hydrogen-bond donors (Lipinski definition) is 2. The van der Waals surface area contributed by atoms with Gasteiger partial charge in [0.1, 0.15) is 17.7 Å². The first kappa shape index (κ1) is 31.5. The molecular weight excluding hydrogens is 610 g/mol. The number of carbonyl (C=O) groups excluding carboxylic acids is 2. The molecule has 0 bridgehead atoms. The fourth-order valence-electron chi connectivity index (χ4n) is 5.25. The van der Waals surface area contributed by atoms with Crippen LogP contribution in [0.3, 0.4) is 0 Å². The van der Waals surface area contributed by atoms with Gasteiger partial charge in [-0.1, -0.05) is 24.3 Å². The van der Waals surface area contributed by atoms with Gasteiger partial charge in [-0.15, -0.1) is 0 Å². The number of ether oxygens (including phenoxy) is 1. The number of para-hydroxylation sites is 1. The summed E-state index contributed by atoms with van der Waals surface area (Å²) in [6.45, 7) is -1.21. The number of hydrogen-bond acceptors (Lipinski definition) is 5. The topological polar surface area (TPSA) is 102 Å². The van der Waals surface area contributed by atoms with E-state index in [1.54, 1.807) is 54.6 Å². The Bertz CT molecular complexity index is 1550. The van der Waals surface area contributed by atoms with E-state index in [1.165, 1.54) is 9.80 Å². The molecule has 2 N–H and O–H groups in total. The quantitative estimate of drug-likeness (QED) is 0.236. The van der Waals surface area contributed by atoms with E-state index in [4.69, 9.17) is 4.74 Å². The van der Waals surface area contributed by atoms with Gasteiger partial charge in [-0.05, 0) is 54.4 Å². The van der Waals surface area contributed by atoms with Gasteiger partial charge >= 0.3 is 18.4 Å². The number of benzene rings is 3. The Kier molecular flexibility index (Phi) is 8.54. The van der Waals surface area contributed by atoms with Gasteiger partial charge in [0.05, 0.1) is 30.3 Å². The van der Waals surface area contributed by atoms with Crippen LogP contribution in [-0.2, 0) is 28.5 Å². The Morgan fingerprint density at radius 1 is 0.867 bits per heavy atom. The van der Waals surface area contributed by atoms with E-state index < -0.39 is 66.2 Å². The molecule has 2 saturated heterocycles. The average molecular weight is 637 g/mol. The zero-order valence-corrected chi connectivity index (χ0v) is 23.3. The molecule has 9 nitrogen and oxygen atoms in total. The molecular formula is C30H26F6N4O5. The normalized spacial score (nSPS) is 17.5. The Morgan fingerprint density at radius 3 is 2.11 bits per heavy atom. The molecule has 1 unspecified atom stereocenters. The van der Waals surface area contributed by atoms with Gasteiger partial charge in [-0.25, -0.2) is 4.79 Å². The van der Waals surface area contributed by atoms with Crippen molar-refractivity contribution in [3.8, 4) is 11.5 Å². The number of alkyl halides is 6. The maximum Gasteiger partial charge on any atom is 0.416 e. The lowest BCUT2D eigenvalue weighted by molar-refractivity contribution is -0.143. The van der Waals surface area contributed by atoms with E-state index in [9.17, 15) is 45.8 Å². The summed E-state index contributed by atoms with van der Waals surface area (Å²) >= 11 is 0. The van der Waals surface area contributed by atoms with E-state index in [0.29, 0.717) is 42.3 Å². The summed E-state index contributed by atoms with van der Waals surface area (Å²) in [7, 11) is 0. The summed E-state index contributed by atoms with van der Waals surface area (Å²) in [5.41, 5.74) is -3.09. The van der Waals surface area contributed by atoms with Crippen molar-refractivity contribution < 1.29 is 50.6 Å². The van der Waals surface area contributed by atoms with Crippen LogP contribution in [0.4, 0.5) is 36.8 Å². The van der Waals surface area contributed by atoms with Gasteiger partial charge in [-0.2, -0.15) is 26.3 Å². The van der Waals surface area contributed by atoms with Gasteiger partial charge in [0, 0.05) is 24.8 Å². The number of likely N-dealkylation sites (tertiary alicyclic amines) is 1. The minimum atomic E-state index is -5.05. The van der Waals surface area contributed by atoms with E-state index in [-0.39, 0.29) is 18.7 Å². The van der Waals surface area contributed by atoms with Crippen molar-refractivity contribution in [2.45, 2.75) is 37.5 Å². The number of amides is 3. The molecule has 45 heavy (non-hydrogen) atoms. The molecule has 0 spiro atoms. The third-order valence-electron chi connectivity index (χ3n) is 7.38. The maximum absolute atomic E-state index is 13.3. The number of anilines is 1. The molecule has 15 heteroatoms. The molecule has 2 aliphatic heterocycles. The van der Waals surface area contributed by atoms with Crippen LogP contribution in [0.5, 0.6) is 11.5 Å². The van der Waals surface area contributed by atoms with Crippen LogP contribution in [0.25, 0.3) is 0 Å². The fraction of sp³-hybridized carbons (Fsp3) is 0.300. The second-order valence-corrected chi connectivity index (χ2v) is 10.5. The summed E-state index contributed by atoms with van der Waals surface area (Å²) in [5.74, 6) is -0.386. The second-order valence-electron chi connectivity index (χ2n) is 10.5. The van der Waals surface area contributed by atoms with Crippen molar-refractivity contribution in [1.29, 1.82) is 0 Å². The van der Waals surface area contributed by atoms with Crippen molar-refractivity contribution in [2.24, 2.45) is 0 Å². The highest BCUT2D eigenvalue weighted by Crippen LogP contribution is 2.40. The van der Waals surface area contributed by atoms with Crippen molar-refractivity contribution in [3.63, 3.8) is 0 Å². The number of nitrogens with zero attached hydrogens (tertiary/aromatic N) is 3. The number of carboxylic acid groups (broad SMARTS) is 1. The Morgan fingerprint density at radius 2 is 1.51 bits per heavy atom. The highest BCUT2D eigenvalue weighted by molar-refractivity contribution is 5.87. The Balaban J connectivity index is 1.34. The highest BCUT2D eigenvalue weighted by Gasteiger charge is 2.60. The molecule has 3 amide bonds. The molecule has 5 rings (SSSR count). The van der Waals surface area contributed by atoms with Crippen molar-refractivity contribution in [3.05, 3.63) is 89.5 Å². The molecule has 3 aromatic rings. The van der Waals surface area contributed by atoms with Crippen LogP contribution in [0.15, 0.2) is 72.8 Å². The van der Waals surface area contributed by atoms with Gasteiger partial charge in [0.25, 0.3) is 0 Å². The molecule has 2 fully saturated rings. The molecule has 2 heterocycles. The van der Waals surface area contributed by atoms with Crippen molar-refractivity contribution in [1.82, 2.24) is 15.1 Å². The number of carbonyl (C=O) groups is 3. The van der Waals surface area contributed by atoms with E-state index in [0.717, 1.165) is 4.90 Å². The summed E-state index contributed by atoms with van der Waals surface area (Å²) in [4.78, 5) is 41.7. The number of fused-ring (bicyclic) bond motifs is 1.